The van der Waals surface area contributed by atoms with Crippen molar-refractivity contribution in [3.8, 4) is 17.2 Å². The Hall–Kier alpha value is -3.52. The van der Waals surface area contributed by atoms with Crippen LogP contribution in [-0.2, 0) is 11.2 Å². The standard InChI is InChI=1S/C31H36N2O5S/c1-20(2)16-32(31(35)23-7-10-27-28(15-23)38-19-37-27)17-30(34)33-13-11-29-25(12-14-39-29)26(33)18-36-24-8-5-22(6-9-24)21(3)4/h5-10,12,14-15,20-21,26H,11,13,16-19H2,1-4H3/t26-/m1/s1. The van der Waals surface area contributed by atoms with Gasteiger partial charge in [0.15, 0.2) is 11.5 Å². The van der Waals surface area contributed by atoms with Gasteiger partial charge in [0, 0.05) is 23.5 Å². The lowest BCUT2D eigenvalue weighted by molar-refractivity contribution is -0.135. The number of ether oxygens (including phenoxy) is 3. The van der Waals surface area contributed by atoms with E-state index in [1.807, 2.05) is 30.9 Å². The molecular weight excluding hydrogens is 512 g/mol. The number of carbonyl (C=O) groups is 2. The molecular formula is C31H36N2O5S. The van der Waals surface area contributed by atoms with Gasteiger partial charge in [-0.2, -0.15) is 0 Å². The van der Waals surface area contributed by atoms with Crippen LogP contribution in [0.3, 0.4) is 0 Å². The van der Waals surface area contributed by atoms with Crippen molar-refractivity contribution < 1.29 is 23.8 Å². The van der Waals surface area contributed by atoms with Crippen molar-refractivity contribution in [1.82, 2.24) is 9.80 Å². The largest absolute Gasteiger partial charge is 0.491 e. The van der Waals surface area contributed by atoms with Gasteiger partial charge in [-0.15, -0.1) is 11.3 Å². The van der Waals surface area contributed by atoms with Crippen LogP contribution in [0, 0.1) is 5.92 Å². The molecule has 0 bridgehead atoms. The molecule has 3 heterocycles. The molecule has 0 saturated carbocycles. The fourth-order valence-electron chi connectivity index (χ4n) is 5.12. The van der Waals surface area contributed by atoms with Gasteiger partial charge in [0.1, 0.15) is 18.9 Å². The number of benzene rings is 2. The Labute approximate surface area is 234 Å². The Balaban J connectivity index is 1.33. The molecule has 0 aliphatic carbocycles. The summed E-state index contributed by atoms with van der Waals surface area (Å²) in [5, 5.41) is 2.08. The highest BCUT2D eigenvalue weighted by Crippen LogP contribution is 2.35. The molecule has 0 saturated heterocycles. The number of hydrogen-bond acceptors (Lipinski definition) is 6. The van der Waals surface area contributed by atoms with E-state index in [2.05, 4.69) is 37.4 Å². The van der Waals surface area contributed by atoms with E-state index in [4.69, 9.17) is 14.2 Å². The topological polar surface area (TPSA) is 68.3 Å². The summed E-state index contributed by atoms with van der Waals surface area (Å²) in [5.41, 5.74) is 2.88. The summed E-state index contributed by atoms with van der Waals surface area (Å²) in [7, 11) is 0. The molecule has 2 aromatic carbocycles. The van der Waals surface area contributed by atoms with Gasteiger partial charge in [-0.1, -0.05) is 39.8 Å². The predicted molar refractivity (Wildman–Crippen MR) is 152 cm³/mol. The molecule has 3 aromatic rings. The molecule has 2 amide bonds. The zero-order valence-electron chi connectivity index (χ0n) is 23.0. The van der Waals surface area contributed by atoms with Crippen LogP contribution in [0.15, 0.2) is 53.9 Å². The van der Waals surface area contributed by atoms with Gasteiger partial charge in [-0.05, 0) is 71.2 Å². The second-order valence-corrected chi connectivity index (χ2v) is 11.8. The maximum absolute atomic E-state index is 13.8. The molecule has 0 unspecified atom stereocenters. The van der Waals surface area contributed by atoms with Crippen molar-refractivity contribution in [2.24, 2.45) is 5.92 Å². The zero-order chi connectivity index (χ0) is 27.5. The van der Waals surface area contributed by atoms with E-state index in [0.29, 0.717) is 42.7 Å². The van der Waals surface area contributed by atoms with E-state index in [1.54, 1.807) is 34.4 Å². The molecule has 0 spiro atoms. The van der Waals surface area contributed by atoms with Gasteiger partial charge in [-0.25, -0.2) is 0 Å². The van der Waals surface area contributed by atoms with Crippen LogP contribution in [0.1, 0.15) is 66.0 Å². The number of carbonyl (C=O) groups excluding carboxylic acids is 2. The second-order valence-electron chi connectivity index (χ2n) is 10.8. The number of amides is 2. The van der Waals surface area contributed by atoms with Gasteiger partial charge in [0.2, 0.25) is 12.7 Å². The lowest BCUT2D eigenvalue weighted by atomic mass is 10.00. The summed E-state index contributed by atoms with van der Waals surface area (Å²) in [4.78, 5) is 32.2. The van der Waals surface area contributed by atoms with Crippen molar-refractivity contribution >= 4 is 23.2 Å². The number of fused-ring (bicyclic) bond motifs is 2. The molecule has 5 rings (SSSR count). The fraction of sp³-hybridized carbons (Fsp3) is 0.419. The lowest BCUT2D eigenvalue weighted by Gasteiger charge is -2.37. The molecule has 206 valence electrons. The minimum atomic E-state index is -0.209. The minimum Gasteiger partial charge on any atom is -0.491 e. The van der Waals surface area contributed by atoms with Crippen molar-refractivity contribution in [3.05, 3.63) is 75.5 Å². The molecule has 0 N–H and O–H groups in total. The van der Waals surface area contributed by atoms with Crippen LogP contribution in [0.5, 0.6) is 17.2 Å². The third-order valence-electron chi connectivity index (χ3n) is 7.19. The monoisotopic (exact) mass is 548 g/mol. The van der Waals surface area contributed by atoms with Gasteiger partial charge in [-0.3, -0.25) is 9.59 Å². The van der Waals surface area contributed by atoms with E-state index in [1.165, 1.54) is 10.4 Å². The Bertz CT molecular complexity index is 1320. The first-order chi connectivity index (χ1) is 18.8. The van der Waals surface area contributed by atoms with E-state index in [-0.39, 0.29) is 37.1 Å². The average Bonchev–Trinajstić information content (AvgIpc) is 3.60. The third kappa shape index (κ3) is 6.06. The highest BCUT2D eigenvalue weighted by molar-refractivity contribution is 7.10. The van der Waals surface area contributed by atoms with Crippen LogP contribution >= 0.6 is 11.3 Å². The maximum Gasteiger partial charge on any atom is 0.254 e. The highest BCUT2D eigenvalue weighted by atomic mass is 32.1. The molecule has 8 heteroatoms. The van der Waals surface area contributed by atoms with Crippen molar-refractivity contribution in [2.45, 2.75) is 46.1 Å². The number of thiophene rings is 1. The quantitative estimate of drug-likeness (QED) is 0.333. The van der Waals surface area contributed by atoms with Crippen molar-refractivity contribution in [3.63, 3.8) is 0 Å². The SMILES string of the molecule is CC(C)CN(CC(=O)N1CCc2sccc2[C@H]1COc1ccc(C(C)C)cc1)C(=O)c1ccc2c(c1)OCO2. The van der Waals surface area contributed by atoms with Crippen LogP contribution in [-0.4, -0.2) is 54.6 Å². The van der Waals surface area contributed by atoms with Crippen LogP contribution in [0.4, 0.5) is 0 Å². The van der Waals surface area contributed by atoms with Gasteiger partial charge < -0.3 is 24.0 Å². The Morgan fingerprint density at radius 1 is 1.05 bits per heavy atom. The highest BCUT2D eigenvalue weighted by Gasteiger charge is 2.34. The Morgan fingerprint density at radius 2 is 1.82 bits per heavy atom. The summed E-state index contributed by atoms with van der Waals surface area (Å²) in [6.07, 6.45) is 0.804. The van der Waals surface area contributed by atoms with Gasteiger partial charge >= 0.3 is 0 Å². The smallest absolute Gasteiger partial charge is 0.254 e. The van der Waals surface area contributed by atoms with E-state index >= 15 is 0 Å². The summed E-state index contributed by atoms with van der Waals surface area (Å²) in [6, 6.07) is 15.2. The summed E-state index contributed by atoms with van der Waals surface area (Å²) < 4.78 is 17.1. The molecule has 7 nitrogen and oxygen atoms in total. The number of nitrogens with zero attached hydrogens (tertiary/aromatic N) is 2. The third-order valence-corrected chi connectivity index (χ3v) is 8.18. The molecule has 39 heavy (non-hydrogen) atoms. The molecule has 1 aromatic heterocycles. The van der Waals surface area contributed by atoms with Crippen molar-refractivity contribution in [1.29, 1.82) is 0 Å². The zero-order valence-corrected chi connectivity index (χ0v) is 23.8. The van der Waals surface area contributed by atoms with E-state index < -0.39 is 0 Å². The van der Waals surface area contributed by atoms with Crippen molar-refractivity contribution in [2.75, 3.05) is 33.0 Å². The maximum atomic E-state index is 13.8. The summed E-state index contributed by atoms with van der Waals surface area (Å²) in [5.74, 6) is 2.35. The lowest BCUT2D eigenvalue weighted by Crippen LogP contribution is -2.48. The van der Waals surface area contributed by atoms with E-state index in [9.17, 15) is 9.59 Å². The molecule has 1 atom stereocenters. The summed E-state index contributed by atoms with van der Waals surface area (Å²) >= 11 is 1.72. The Kier molecular flexibility index (Phi) is 8.12. The molecule has 0 radical (unpaired) electrons. The van der Waals surface area contributed by atoms with Crippen LogP contribution < -0.4 is 14.2 Å². The molecule has 2 aliphatic rings. The Morgan fingerprint density at radius 3 is 2.56 bits per heavy atom. The van der Waals surface area contributed by atoms with Crippen LogP contribution in [0.2, 0.25) is 0 Å². The molecule has 2 aliphatic heterocycles. The first-order valence-corrected chi connectivity index (χ1v) is 14.5. The molecule has 0 fully saturated rings. The first kappa shape index (κ1) is 27.1. The second kappa shape index (κ2) is 11.7. The van der Waals surface area contributed by atoms with Crippen LogP contribution in [0.25, 0.3) is 0 Å². The van der Waals surface area contributed by atoms with Gasteiger partial charge in [0.05, 0.1) is 6.04 Å². The minimum absolute atomic E-state index is 0.00448. The fourth-order valence-corrected chi connectivity index (χ4v) is 6.05. The number of hydrogen-bond donors (Lipinski definition) is 0. The van der Waals surface area contributed by atoms with E-state index in [0.717, 1.165) is 17.7 Å². The predicted octanol–water partition coefficient (Wildman–Crippen LogP) is 5.90. The average molecular weight is 549 g/mol. The van der Waals surface area contributed by atoms with Gasteiger partial charge in [0.25, 0.3) is 5.91 Å². The first-order valence-electron chi connectivity index (χ1n) is 13.6. The normalized spacial score (nSPS) is 15.9. The summed E-state index contributed by atoms with van der Waals surface area (Å²) in [6.45, 7) is 10.0. The number of rotatable bonds is 9.